The van der Waals surface area contributed by atoms with Crippen LogP contribution < -0.4 is 5.32 Å². The molecule has 0 saturated carbocycles. The van der Waals surface area contributed by atoms with Crippen molar-refractivity contribution in [3.63, 3.8) is 0 Å². The van der Waals surface area contributed by atoms with E-state index in [1.807, 2.05) is 59.3 Å². The minimum absolute atomic E-state index is 0.0200. The van der Waals surface area contributed by atoms with Crippen molar-refractivity contribution in [2.24, 2.45) is 0 Å². The summed E-state index contributed by atoms with van der Waals surface area (Å²) in [6, 6.07) is 16.0. The molecule has 2 aromatic carbocycles. The van der Waals surface area contributed by atoms with Crippen LogP contribution >= 0.6 is 11.8 Å². The van der Waals surface area contributed by atoms with E-state index in [0.29, 0.717) is 12.3 Å². The topological polar surface area (TPSA) is 75.6 Å². The summed E-state index contributed by atoms with van der Waals surface area (Å²) in [6.07, 6.45) is 5.41. The first-order chi connectivity index (χ1) is 13.7. The Morgan fingerprint density at radius 2 is 2.04 bits per heavy atom. The Balaban J connectivity index is 1.26. The molecule has 1 atom stereocenters. The van der Waals surface area contributed by atoms with Crippen LogP contribution in [0.1, 0.15) is 23.6 Å². The van der Waals surface area contributed by atoms with Crippen LogP contribution in [0.15, 0.2) is 67.3 Å². The molecule has 0 spiro atoms. The summed E-state index contributed by atoms with van der Waals surface area (Å²) in [6.45, 7) is 2.58. The third kappa shape index (κ3) is 4.26. The fourth-order valence-electron chi connectivity index (χ4n) is 2.89. The Hall–Kier alpha value is -3.06. The molecule has 7 heteroatoms. The first-order valence-corrected chi connectivity index (χ1v) is 10.1. The molecule has 0 bridgehead atoms. The van der Waals surface area contributed by atoms with Crippen LogP contribution in [0.25, 0.3) is 16.7 Å². The average molecular weight is 392 g/mol. The van der Waals surface area contributed by atoms with Gasteiger partial charge in [0.15, 0.2) is 0 Å². The Bertz CT molecular complexity index is 1020. The van der Waals surface area contributed by atoms with Crippen molar-refractivity contribution in [1.29, 1.82) is 0 Å². The number of imidazole rings is 2. The zero-order valence-corrected chi connectivity index (χ0v) is 16.3. The number of nitrogens with zero attached hydrogens (tertiary/aromatic N) is 3. The molecule has 4 aromatic rings. The van der Waals surface area contributed by atoms with E-state index in [1.54, 1.807) is 24.3 Å². The van der Waals surface area contributed by atoms with E-state index in [9.17, 15) is 4.79 Å². The molecule has 0 aliphatic rings. The van der Waals surface area contributed by atoms with Gasteiger partial charge < -0.3 is 14.9 Å². The number of carbonyl (C=O) groups excluding carboxylic acids is 1. The third-order valence-electron chi connectivity index (χ3n) is 4.49. The molecule has 0 fully saturated rings. The van der Waals surface area contributed by atoms with E-state index in [2.05, 4.69) is 27.2 Å². The first kappa shape index (κ1) is 18.3. The summed E-state index contributed by atoms with van der Waals surface area (Å²) in [5.41, 5.74) is 4.08. The van der Waals surface area contributed by atoms with Crippen LogP contribution in [0.2, 0.25) is 0 Å². The lowest BCUT2D eigenvalue weighted by atomic mass is 10.2. The number of aromatic nitrogens is 4. The molecular weight excluding hydrogens is 370 g/mol. The Morgan fingerprint density at radius 1 is 1.21 bits per heavy atom. The molecule has 1 unspecified atom stereocenters. The summed E-state index contributed by atoms with van der Waals surface area (Å²) in [5, 5.41) is 3.10. The zero-order chi connectivity index (χ0) is 19.3. The summed E-state index contributed by atoms with van der Waals surface area (Å²) in [4.78, 5) is 24.2. The Kier molecular flexibility index (Phi) is 5.43. The molecule has 2 aromatic heterocycles. The molecular formula is C21H21N5OS. The molecule has 142 valence electrons. The van der Waals surface area contributed by atoms with Crippen LogP contribution in [0, 0.1) is 0 Å². The van der Waals surface area contributed by atoms with Crippen LogP contribution in [0.4, 0.5) is 0 Å². The van der Waals surface area contributed by atoms with Crippen LogP contribution in [-0.2, 0) is 11.3 Å². The number of carbonyl (C=O) groups is 1. The molecule has 28 heavy (non-hydrogen) atoms. The minimum Gasteiger partial charge on any atom is -0.351 e. The highest BCUT2D eigenvalue weighted by Crippen LogP contribution is 2.27. The molecule has 2 heterocycles. The van der Waals surface area contributed by atoms with Crippen molar-refractivity contribution in [1.82, 2.24) is 24.8 Å². The van der Waals surface area contributed by atoms with E-state index in [4.69, 9.17) is 0 Å². The van der Waals surface area contributed by atoms with Gasteiger partial charge in [-0.1, -0.05) is 24.3 Å². The van der Waals surface area contributed by atoms with E-state index >= 15 is 0 Å². The lowest BCUT2D eigenvalue weighted by Crippen LogP contribution is -2.24. The SMILES string of the molecule is CC(SCC(=O)NCc1ccc(-n2ccnc2)cc1)c1nc2ccccc2[nH]1. The van der Waals surface area contributed by atoms with Gasteiger partial charge in [-0.25, -0.2) is 9.97 Å². The smallest absolute Gasteiger partial charge is 0.230 e. The molecule has 0 saturated heterocycles. The first-order valence-electron chi connectivity index (χ1n) is 9.09. The third-order valence-corrected chi connectivity index (χ3v) is 5.64. The molecule has 1 amide bonds. The predicted octanol–water partition coefficient (Wildman–Crippen LogP) is 3.86. The number of hydrogen-bond donors (Lipinski definition) is 2. The number of para-hydroxylation sites is 2. The summed E-state index contributed by atoms with van der Waals surface area (Å²) >= 11 is 1.57. The molecule has 4 rings (SSSR count). The number of amides is 1. The van der Waals surface area contributed by atoms with Gasteiger partial charge in [0, 0.05) is 24.6 Å². The van der Waals surface area contributed by atoms with Gasteiger partial charge in [0.25, 0.3) is 0 Å². The second-order valence-electron chi connectivity index (χ2n) is 6.51. The number of nitrogens with one attached hydrogen (secondary N) is 2. The van der Waals surface area contributed by atoms with Crippen LogP contribution in [-0.4, -0.2) is 31.2 Å². The van der Waals surface area contributed by atoms with Gasteiger partial charge in [-0.2, -0.15) is 0 Å². The number of benzene rings is 2. The van der Waals surface area contributed by atoms with Gasteiger partial charge in [-0.05, 0) is 36.8 Å². The van der Waals surface area contributed by atoms with E-state index < -0.39 is 0 Å². The maximum atomic E-state index is 12.2. The van der Waals surface area contributed by atoms with Gasteiger partial charge >= 0.3 is 0 Å². The summed E-state index contributed by atoms with van der Waals surface area (Å²) in [5.74, 6) is 1.31. The monoisotopic (exact) mass is 391 g/mol. The van der Waals surface area contributed by atoms with Gasteiger partial charge in [-0.3, -0.25) is 4.79 Å². The lowest BCUT2D eigenvalue weighted by molar-refractivity contribution is -0.118. The Labute approximate surface area is 167 Å². The van der Waals surface area contributed by atoms with Crippen molar-refractivity contribution in [3.05, 3.63) is 78.6 Å². The van der Waals surface area contributed by atoms with Crippen LogP contribution in [0.5, 0.6) is 0 Å². The number of rotatable bonds is 7. The minimum atomic E-state index is 0.0200. The largest absolute Gasteiger partial charge is 0.351 e. The fourth-order valence-corrected chi connectivity index (χ4v) is 3.67. The molecule has 0 radical (unpaired) electrons. The molecule has 0 aliphatic carbocycles. The molecule has 2 N–H and O–H groups in total. The normalized spacial score (nSPS) is 12.2. The molecule has 6 nitrogen and oxygen atoms in total. The maximum absolute atomic E-state index is 12.2. The van der Waals surface area contributed by atoms with Gasteiger partial charge in [0.05, 0.1) is 28.4 Å². The number of fused-ring (bicyclic) bond motifs is 1. The number of hydrogen-bond acceptors (Lipinski definition) is 4. The average Bonchev–Trinajstić information content (AvgIpc) is 3.40. The number of aromatic amines is 1. The highest BCUT2D eigenvalue weighted by molar-refractivity contribution is 8.00. The quantitative estimate of drug-likeness (QED) is 0.502. The lowest BCUT2D eigenvalue weighted by Gasteiger charge is -2.09. The van der Waals surface area contributed by atoms with Crippen molar-refractivity contribution >= 4 is 28.7 Å². The maximum Gasteiger partial charge on any atom is 0.230 e. The zero-order valence-electron chi connectivity index (χ0n) is 15.5. The van der Waals surface area contributed by atoms with Crippen molar-refractivity contribution in [2.45, 2.75) is 18.7 Å². The van der Waals surface area contributed by atoms with Crippen molar-refractivity contribution in [2.75, 3.05) is 5.75 Å². The van der Waals surface area contributed by atoms with E-state index in [1.165, 1.54) is 0 Å². The highest BCUT2D eigenvalue weighted by Gasteiger charge is 2.13. The second-order valence-corrected chi connectivity index (χ2v) is 7.83. The second kappa shape index (κ2) is 8.31. The number of thioether (sulfide) groups is 1. The van der Waals surface area contributed by atoms with Crippen molar-refractivity contribution in [3.8, 4) is 5.69 Å². The van der Waals surface area contributed by atoms with Gasteiger partial charge in [0.2, 0.25) is 5.91 Å². The van der Waals surface area contributed by atoms with Gasteiger partial charge in [0.1, 0.15) is 5.82 Å². The Morgan fingerprint density at radius 3 is 2.79 bits per heavy atom. The summed E-state index contributed by atoms with van der Waals surface area (Å²) in [7, 11) is 0. The van der Waals surface area contributed by atoms with E-state index in [0.717, 1.165) is 28.1 Å². The number of H-pyrrole nitrogens is 1. The predicted molar refractivity (Wildman–Crippen MR) is 112 cm³/mol. The van der Waals surface area contributed by atoms with Crippen LogP contribution in [0.3, 0.4) is 0 Å². The molecule has 0 aliphatic heterocycles. The van der Waals surface area contributed by atoms with Crippen molar-refractivity contribution < 1.29 is 4.79 Å². The fraction of sp³-hybridized carbons (Fsp3) is 0.190. The summed E-state index contributed by atoms with van der Waals surface area (Å²) < 4.78 is 1.94. The standard InChI is InChI=1S/C21H21N5OS/c1-15(21-24-18-4-2-3-5-19(18)25-21)28-13-20(27)23-12-16-6-8-17(9-7-16)26-11-10-22-14-26/h2-11,14-15H,12-13H2,1H3,(H,23,27)(H,24,25). The van der Waals surface area contributed by atoms with Gasteiger partial charge in [-0.15, -0.1) is 11.8 Å². The van der Waals surface area contributed by atoms with E-state index in [-0.39, 0.29) is 11.2 Å². The highest BCUT2D eigenvalue weighted by atomic mass is 32.2.